The second-order valence-electron chi connectivity index (χ2n) is 6.73. The van der Waals surface area contributed by atoms with Crippen LogP contribution in [0.25, 0.3) is 0 Å². The van der Waals surface area contributed by atoms with Crippen LogP contribution in [0.4, 0.5) is 13.2 Å². The van der Waals surface area contributed by atoms with Gasteiger partial charge in [0.2, 0.25) is 5.91 Å². The van der Waals surface area contributed by atoms with Gasteiger partial charge >= 0.3 is 6.18 Å². The molecule has 25 heavy (non-hydrogen) atoms. The van der Waals surface area contributed by atoms with Gasteiger partial charge < -0.3 is 14.4 Å². The minimum Gasteiger partial charge on any atom is -0.343 e. The van der Waals surface area contributed by atoms with Crippen LogP contribution in [0.15, 0.2) is 0 Å². The molecule has 1 aromatic rings. The van der Waals surface area contributed by atoms with Gasteiger partial charge in [-0.05, 0) is 33.9 Å². The molecule has 0 saturated carbocycles. The van der Waals surface area contributed by atoms with Gasteiger partial charge in [-0.1, -0.05) is 0 Å². The third-order valence-electron chi connectivity index (χ3n) is 4.47. The molecule has 0 N–H and O–H groups in total. The maximum atomic E-state index is 12.3. The molecule has 0 unspecified atom stereocenters. The van der Waals surface area contributed by atoms with Gasteiger partial charge in [-0.2, -0.15) is 13.2 Å². The summed E-state index contributed by atoms with van der Waals surface area (Å²) in [4.78, 5) is 15.5. The first-order valence-electron chi connectivity index (χ1n) is 8.62. The molecule has 1 fully saturated rings. The Kier molecular flexibility index (Phi) is 6.42. The second-order valence-corrected chi connectivity index (χ2v) is 6.73. The van der Waals surface area contributed by atoms with Crippen molar-refractivity contribution in [1.82, 2.24) is 24.6 Å². The third-order valence-corrected chi connectivity index (χ3v) is 4.47. The molecule has 0 aromatic carbocycles. The number of carbonyl (C=O) groups excluding carboxylic acids is 1. The van der Waals surface area contributed by atoms with Crippen LogP contribution in [0.3, 0.4) is 0 Å². The number of rotatable bonds is 6. The van der Waals surface area contributed by atoms with Crippen LogP contribution >= 0.6 is 0 Å². The highest BCUT2D eigenvalue weighted by Crippen LogP contribution is 2.29. The summed E-state index contributed by atoms with van der Waals surface area (Å²) in [5.74, 6) is 1.60. The van der Waals surface area contributed by atoms with E-state index in [9.17, 15) is 18.0 Å². The Morgan fingerprint density at radius 1 is 1.24 bits per heavy atom. The lowest BCUT2D eigenvalue weighted by Crippen LogP contribution is -2.38. The highest BCUT2D eigenvalue weighted by atomic mass is 19.4. The molecule has 0 bridgehead atoms. The smallest absolute Gasteiger partial charge is 0.343 e. The molecule has 0 atom stereocenters. The molecular formula is C16H26F3N5O. The van der Waals surface area contributed by atoms with Gasteiger partial charge in [-0.3, -0.25) is 4.79 Å². The SMILES string of the molecule is CCn1c(CN(C)C)nnc1C1CCN(C(=O)CCC(F)(F)F)CC1. The lowest BCUT2D eigenvalue weighted by molar-refractivity contribution is -0.149. The summed E-state index contributed by atoms with van der Waals surface area (Å²) >= 11 is 0. The largest absolute Gasteiger partial charge is 0.389 e. The Hall–Kier alpha value is -1.64. The maximum Gasteiger partial charge on any atom is 0.389 e. The Bertz CT molecular complexity index is 577. The zero-order valence-corrected chi connectivity index (χ0v) is 15.0. The molecular weight excluding hydrogens is 335 g/mol. The minimum atomic E-state index is -4.28. The molecule has 1 aliphatic rings. The van der Waals surface area contributed by atoms with E-state index in [4.69, 9.17) is 0 Å². The van der Waals surface area contributed by atoms with Gasteiger partial charge in [0.1, 0.15) is 11.6 Å². The maximum absolute atomic E-state index is 12.3. The molecule has 2 heterocycles. The van der Waals surface area contributed by atoms with E-state index in [1.54, 1.807) is 0 Å². The lowest BCUT2D eigenvalue weighted by atomic mass is 9.95. The highest BCUT2D eigenvalue weighted by Gasteiger charge is 2.31. The molecule has 1 amide bonds. The summed E-state index contributed by atoms with van der Waals surface area (Å²) in [5, 5.41) is 8.61. The van der Waals surface area contributed by atoms with E-state index in [1.807, 2.05) is 25.9 Å². The Balaban J connectivity index is 1.94. The van der Waals surface area contributed by atoms with Gasteiger partial charge in [0, 0.05) is 32.0 Å². The number of piperidine rings is 1. The molecule has 142 valence electrons. The number of amides is 1. The predicted molar refractivity (Wildman–Crippen MR) is 86.9 cm³/mol. The number of hydrogen-bond acceptors (Lipinski definition) is 4. The fourth-order valence-electron chi connectivity index (χ4n) is 3.19. The lowest BCUT2D eigenvalue weighted by Gasteiger charge is -2.32. The van der Waals surface area contributed by atoms with Crippen LogP contribution < -0.4 is 0 Å². The molecule has 2 rings (SSSR count). The summed E-state index contributed by atoms with van der Waals surface area (Å²) in [6.45, 7) is 4.47. The van der Waals surface area contributed by atoms with Crippen LogP contribution in [0.2, 0.25) is 0 Å². The fraction of sp³-hybridized carbons (Fsp3) is 0.812. The summed E-state index contributed by atoms with van der Waals surface area (Å²) in [7, 11) is 3.94. The number of alkyl halides is 3. The highest BCUT2D eigenvalue weighted by molar-refractivity contribution is 5.76. The quantitative estimate of drug-likeness (QED) is 0.781. The summed E-state index contributed by atoms with van der Waals surface area (Å²) in [6.07, 6.45) is -4.39. The number of hydrogen-bond donors (Lipinski definition) is 0. The van der Waals surface area contributed by atoms with Crippen molar-refractivity contribution in [3.05, 3.63) is 11.6 Å². The minimum absolute atomic E-state index is 0.190. The molecule has 0 radical (unpaired) electrons. The summed E-state index contributed by atoms with van der Waals surface area (Å²) in [6, 6.07) is 0. The van der Waals surface area contributed by atoms with Gasteiger partial charge in [0.25, 0.3) is 0 Å². The van der Waals surface area contributed by atoms with E-state index >= 15 is 0 Å². The number of nitrogens with zero attached hydrogens (tertiary/aromatic N) is 5. The van der Waals surface area contributed by atoms with Crippen molar-refractivity contribution in [2.24, 2.45) is 0 Å². The van der Waals surface area contributed by atoms with Crippen molar-refractivity contribution < 1.29 is 18.0 Å². The molecule has 0 aliphatic carbocycles. The zero-order valence-electron chi connectivity index (χ0n) is 15.0. The van der Waals surface area contributed by atoms with Crippen molar-refractivity contribution in [2.45, 2.75) is 57.8 Å². The molecule has 1 aromatic heterocycles. The summed E-state index contributed by atoms with van der Waals surface area (Å²) in [5.41, 5.74) is 0. The van der Waals surface area contributed by atoms with E-state index in [2.05, 4.69) is 14.8 Å². The van der Waals surface area contributed by atoms with Crippen molar-refractivity contribution in [3.63, 3.8) is 0 Å². The first-order chi connectivity index (χ1) is 11.7. The van der Waals surface area contributed by atoms with Crippen molar-refractivity contribution in [1.29, 1.82) is 0 Å². The van der Waals surface area contributed by atoms with E-state index in [0.29, 0.717) is 32.5 Å². The standard InChI is InChI=1S/C16H26F3N5O/c1-4-24-13(11-22(2)3)20-21-15(24)12-6-9-23(10-7-12)14(25)5-8-16(17,18)19/h12H,4-11H2,1-3H3. The van der Waals surface area contributed by atoms with Crippen LogP contribution in [0, 0.1) is 0 Å². The van der Waals surface area contributed by atoms with Crippen LogP contribution in [-0.2, 0) is 17.9 Å². The predicted octanol–water partition coefficient (Wildman–Crippen LogP) is 2.41. The average Bonchev–Trinajstić information content (AvgIpc) is 2.94. The zero-order chi connectivity index (χ0) is 18.6. The van der Waals surface area contributed by atoms with Gasteiger partial charge in [0.15, 0.2) is 0 Å². The number of carbonyl (C=O) groups is 1. The normalized spacial score (nSPS) is 16.7. The molecule has 9 heteroatoms. The average molecular weight is 361 g/mol. The van der Waals surface area contributed by atoms with E-state index in [-0.39, 0.29) is 5.92 Å². The third kappa shape index (κ3) is 5.42. The Morgan fingerprint density at radius 2 is 1.88 bits per heavy atom. The fourth-order valence-corrected chi connectivity index (χ4v) is 3.19. The monoisotopic (exact) mass is 361 g/mol. The van der Waals surface area contributed by atoms with Crippen LogP contribution in [0.1, 0.15) is 50.2 Å². The Labute approximate surface area is 146 Å². The van der Waals surface area contributed by atoms with E-state index < -0.39 is 24.9 Å². The summed E-state index contributed by atoms with van der Waals surface area (Å²) < 4.78 is 38.9. The second kappa shape index (κ2) is 8.16. The Morgan fingerprint density at radius 3 is 2.40 bits per heavy atom. The van der Waals surface area contributed by atoms with Crippen molar-refractivity contribution >= 4 is 5.91 Å². The van der Waals surface area contributed by atoms with Crippen LogP contribution in [0.5, 0.6) is 0 Å². The molecule has 6 nitrogen and oxygen atoms in total. The molecule has 1 aliphatic heterocycles. The number of halogens is 3. The molecule has 0 spiro atoms. The van der Waals surface area contributed by atoms with Gasteiger partial charge in [-0.15, -0.1) is 10.2 Å². The number of aromatic nitrogens is 3. The van der Waals surface area contributed by atoms with Crippen molar-refractivity contribution in [3.8, 4) is 0 Å². The first-order valence-corrected chi connectivity index (χ1v) is 8.62. The van der Waals surface area contributed by atoms with Crippen molar-refractivity contribution in [2.75, 3.05) is 27.2 Å². The first kappa shape index (κ1) is 19.7. The van der Waals surface area contributed by atoms with Gasteiger partial charge in [-0.25, -0.2) is 0 Å². The van der Waals surface area contributed by atoms with Gasteiger partial charge in [0.05, 0.1) is 13.0 Å². The molecule has 1 saturated heterocycles. The number of likely N-dealkylation sites (tertiary alicyclic amines) is 1. The van der Waals surface area contributed by atoms with E-state index in [0.717, 1.165) is 18.2 Å². The van der Waals surface area contributed by atoms with Crippen LogP contribution in [-0.4, -0.2) is 63.8 Å². The topological polar surface area (TPSA) is 54.3 Å². The van der Waals surface area contributed by atoms with E-state index in [1.165, 1.54) is 4.90 Å².